The van der Waals surface area contributed by atoms with Gasteiger partial charge in [0.05, 0.1) is 12.2 Å². The minimum atomic E-state index is 0.559. The molecule has 2 aliphatic carbocycles. The van der Waals surface area contributed by atoms with Gasteiger partial charge in [0.25, 0.3) is 0 Å². The first kappa shape index (κ1) is 11.8. The van der Waals surface area contributed by atoms with Crippen molar-refractivity contribution in [2.24, 2.45) is 5.92 Å². The number of rotatable bonds is 6. The molecule has 2 saturated carbocycles. The van der Waals surface area contributed by atoms with Crippen LogP contribution < -0.4 is 10.1 Å². The second-order valence-electron chi connectivity index (χ2n) is 5.47. The summed E-state index contributed by atoms with van der Waals surface area (Å²) in [5, 5.41) is 3.14. The number of hydrogen-bond acceptors (Lipinski definition) is 4. The molecule has 4 heteroatoms. The Bertz CT molecular complexity index is 439. The zero-order valence-electron chi connectivity index (χ0n) is 11.2. The van der Waals surface area contributed by atoms with Crippen LogP contribution in [0, 0.1) is 12.8 Å². The lowest BCUT2D eigenvalue weighted by molar-refractivity contribution is 0.288. The summed E-state index contributed by atoms with van der Waals surface area (Å²) in [5.41, 5.74) is 1.03. The molecule has 2 aliphatic rings. The zero-order valence-corrected chi connectivity index (χ0v) is 11.2. The van der Waals surface area contributed by atoms with Gasteiger partial charge in [-0.2, -0.15) is 4.98 Å². The number of nitrogens with zero attached hydrogens (tertiary/aromatic N) is 2. The molecule has 3 rings (SSSR count). The third-order valence-electron chi connectivity index (χ3n) is 3.76. The highest BCUT2D eigenvalue weighted by Crippen LogP contribution is 2.40. The molecule has 1 aromatic heterocycles. The number of ether oxygens (including phenoxy) is 1. The summed E-state index contributed by atoms with van der Waals surface area (Å²) in [5.74, 6) is 4.10. The molecular formula is C14H21N3O. The largest absolute Gasteiger partial charge is 0.477 e. The number of anilines is 1. The van der Waals surface area contributed by atoms with Gasteiger partial charge in [-0.25, -0.2) is 4.98 Å². The molecule has 1 N–H and O–H groups in total. The molecule has 0 aromatic carbocycles. The molecule has 0 spiro atoms. The van der Waals surface area contributed by atoms with Gasteiger partial charge in [0, 0.05) is 13.0 Å². The Morgan fingerprint density at radius 2 is 2.00 bits per heavy atom. The highest BCUT2D eigenvalue weighted by atomic mass is 16.5. The molecule has 4 nitrogen and oxygen atoms in total. The van der Waals surface area contributed by atoms with Gasteiger partial charge in [0.1, 0.15) is 11.6 Å². The van der Waals surface area contributed by atoms with Crippen LogP contribution in [0.2, 0.25) is 0 Å². The van der Waals surface area contributed by atoms with Crippen LogP contribution in [0.25, 0.3) is 0 Å². The maximum atomic E-state index is 5.86. The van der Waals surface area contributed by atoms with Crippen LogP contribution in [0.3, 0.4) is 0 Å². The molecule has 98 valence electrons. The minimum absolute atomic E-state index is 0.559. The Labute approximate surface area is 108 Å². The van der Waals surface area contributed by atoms with E-state index in [0.29, 0.717) is 5.92 Å². The molecule has 0 radical (unpaired) electrons. The van der Waals surface area contributed by atoms with Gasteiger partial charge in [0.2, 0.25) is 5.88 Å². The predicted octanol–water partition coefficient (Wildman–Crippen LogP) is 2.88. The van der Waals surface area contributed by atoms with E-state index < -0.39 is 0 Å². The standard InChI is InChI=1S/C14H21N3O/c1-9-12(15-2)16-13(11-5-6-11)17-14(9)18-8-7-10-3-4-10/h10-11H,3-8H2,1-2H3,(H,15,16,17). The first-order chi connectivity index (χ1) is 8.78. The summed E-state index contributed by atoms with van der Waals surface area (Å²) in [7, 11) is 1.90. The normalized spacial score (nSPS) is 18.8. The van der Waals surface area contributed by atoms with Crippen LogP contribution in [0.5, 0.6) is 5.88 Å². The Balaban J connectivity index is 1.74. The summed E-state index contributed by atoms with van der Waals surface area (Å²) < 4.78 is 5.86. The van der Waals surface area contributed by atoms with Crippen LogP contribution in [0.15, 0.2) is 0 Å². The van der Waals surface area contributed by atoms with Crippen LogP contribution >= 0.6 is 0 Å². The van der Waals surface area contributed by atoms with E-state index in [9.17, 15) is 0 Å². The lowest BCUT2D eigenvalue weighted by Crippen LogP contribution is -2.08. The minimum Gasteiger partial charge on any atom is -0.477 e. The monoisotopic (exact) mass is 247 g/mol. The van der Waals surface area contributed by atoms with Crippen molar-refractivity contribution in [3.63, 3.8) is 0 Å². The summed E-state index contributed by atoms with van der Waals surface area (Å²) in [6, 6.07) is 0. The molecule has 2 fully saturated rings. The Morgan fingerprint density at radius 3 is 2.61 bits per heavy atom. The highest BCUT2D eigenvalue weighted by Gasteiger charge is 2.28. The van der Waals surface area contributed by atoms with E-state index in [0.717, 1.165) is 42.0 Å². The van der Waals surface area contributed by atoms with Crippen molar-refractivity contribution in [2.75, 3.05) is 19.0 Å². The molecule has 1 aromatic rings. The summed E-state index contributed by atoms with van der Waals surface area (Å²) >= 11 is 0. The van der Waals surface area contributed by atoms with E-state index in [1.165, 1.54) is 25.7 Å². The van der Waals surface area contributed by atoms with Gasteiger partial charge < -0.3 is 10.1 Å². The molecule has 0 aliphatic heterocycles. The fourth-order valence-corrected chi connectivity index (χ4v) is 2.15. The van der Waals surface area contributed by atoms with E-state index in [2.05, 4.69) is 15.3 Å². The van der Waals surface area contributed by atoms with Crippen molar-refractivity contribution in [2.45, 2.75) is 44.9 Å². The van der Waals surface area contributed by atoms with Gasteiger partial charge >= 0.3 is 0 Å². The molecule has 0 amide bonds. The van der Waals surface area contributed by atoms with Gasteiger partial charge in [-0.15, -0.1) is 0 Å². The Kier molecular flexibility index (Phi) is 3.10. The van der Waals surface area contributed by atoms with Gasteiger partial charge in [0.15, 0.2) is 0 Å². The maximum Gasteiger partial charge on any atom is 0.221 e. The van der Waals surface area contributed by atoms with Crippen molar-refractivity contribution in [1.29, 1.82) is 0 Å². The average Bonchev–Trinajstić information content (AvgIpc) is 3.24. The molecule has 0 bridgehead atoms. The van der Waals surface area contributed by atoms with Gasteiger partial charge in [-0.1, -0.05) is 12.8 Å². The highest BCUT2D eigenvalue weighted by molar-refractivity contribution is 5.48. The van der Waals surface area contributed by atoms with Crippen LogP contribution in [-0.2, 0) is 0 Å². The number of aromatic nitrogens is 2. The van der Waals surface area contributed by atoms with Gasteiger partial charge in [-0.3, -0.25) is 0 Å². The third-order valence-corrected chi connectivity index (χ3v) is 3.76. The van der Waals surface area contributed by atoms with E-state index in [1.807, 2.05) is 14.0 Å². The van der Waals surface area contributed by atoms with Crippen LogP contribution in [0.1, 0.15) is 49.4 Å². The first-order valence-electron chi connectivity index (χ1n) is 6.97. The van der Waals surface area contributed by atoms with Crippen LogP contribution in [-0.4, -0.2) is 23.6 Å². The lowest BCUT2D eigenvalue weighted by Gasteiger charge is -2.12. The average molecular weight is 247 g/mol. The molecule has 1 heterocycles. The lowest BCUT2D eigenvalue weighted by atomic mass is 10.3. The second-order valence-corrected chi connectivity index (χ2v) is 5.47. The number of nitrogens with one attached hydrogen (secondary N) is 1. The number of hydrogen-bond donors (Lipinski definition) is 1. The Morgan fingerprint density at radius 1 is 1.22 bits per heavy atom. The second kappa shape index (κ2) is 4.75. The molecular weight excluding hydrogens is 226 g/mol. The van der Waals surface area contributed by atoms with E-state index in [-0.39, 0.29) is 0 Å². The van der Waals surface area contributed by atoms with Crippen molar-refractivity contribution in [3.8, 4) is 5.88 Å². The molecule has 0 saturated heterocycles. The van der Waals surface area contributed by atoms with Crippen molar-refractivity contribution in [1.82, 2.24) is 9.97 Å². The summed E-state index contributed by atoms with van der Waals surface area (Å²) in [6.07, 6.45) is 6.35. The van der Waals surface area contributed by atoms with Crippen LogP contribution in [0.4, 0.5) is 5.82 Å². The zero-order chi connectivity index (χ0) is 12.5. The topological polar surface area (TPSA) is 47.0 Å². The fraction of sp³-hybridized carbons (Fsp3) is 0.714. The summed E-state index contributed by atoms with van der Waals surface area (Å²) in [4.78, 5) is 9.15. The molecule has 18 heavy (non-hydrogen) atoms. The van der Waals surface area contributed by atoms with Crippen molar-refractivity contribution in [3.05, 3.63) is 11.4 Å². The quantitative estimate of drug-likeness (QED) is 0.839. The van der Waals surface area contributed by atoms with E-state index in [1.54, 1.807) is 0 Å². The van der Waals surface area contributed by atoms with E-state index in [4.69, 9.17) is 4.74 Å². The smallest absolute Gasteiger partial charge is 0.221 e. The first-order valence-corrected chi connectivity index (χ1v) is 6.97. The van der Waals surface area contributed by atoms with E-state index >= 15 is 0 Å². The fourth-order valence-electron chi connectivity index (χ4n) is 2.15. The predicted molar refractivity (Wildman–Crippen MR) is 71.1 cm³/mol. The maximum absolute atomic E-state index is 5.86. The van der Waals surface area contributed by atoms with Gasteiger partial charge in [-0.05, 0) is 32.1 Å². The molecule has 0 atom stereocenters. The Hall–Kier alpha value is -1.32. The molecule has 0 unspecified atom stereocenters. The SMILES string of the molecule is CNc1nc(C2CC2)nc(OCCC2CC2)c1C. The van der Waals surface area contributed by atoms with Crippen molar-refractivity contribution < 1.29 is 4.74 Å². The third kappa shape index (κ3) is 2.57. The summed E-state index contributed by atoms with van der Waals surface area (Å²) in [6.45, 7) is 2.81. The van der Waals surface area contributed by atoms with Crippen molar-refractivity contribution >= 4 is 5.82 Å².